The normalized spacial score (nSPS) is 10.7. The predicted molar refractivity (Wildman–Crippen MR) is 102 cm³/mol. The molecule has 0 heterocycles. The van der Waals surface area contributed by atoms with Gasteiger partial charge in [0.15, 0.2) is 0 Å². The van der Waals surface area contributed by atoms with Crippen LogP contribution in [0.3, 0.4) is 0 Å². The average molecular weight is 334 g/mol. The van der Waals surface area contributed by atoms with Crippen molar-refractivity contribution in [2.45, 2.75) is 6.54 Å². The molecule has 0 bridgehead atoms. The first-order chi connectivity index (χ1) is 12.0. The minimum atomic E-state index is -0.195. The van der Waals surface area contributed by atoms with E-state index in [2.05, 4.69) is 0 Å². The van der Waals surface area contributed by atoms with Crippen molar-refractivity contribution in [3.8, 4) is 5.75 Å². The van der Waals surface area contributed by atoms with E-state index >= 15 is 0 Å². The third-order valence-corrected chi connectivity index (χ3v) is 4.31. The second-order valence-electron chi connectivity index (χ2n) is 6.44. The van der Waals surface area contributed by atoms with E-state index in [1.54, 1.807) is 24.1 Å². The molecule has 1 N–H and O–H groups in total. The Morgan fingerprint density at radius 2 is 1.52 bits per heavy atom. The molecule has 0 aliphatic heterocycles. The van der Waals surface area contributed by atoms with E-state index in [9.17, 15) is 9.90 Å². The van der Waals surface area contributed by atoms with E-state index in [1.165, 1.54) is 0 Å². The summed E-state index contributed by atoms with van der Waals surface area (Å²) in [6.45, 7) is 0.485. The number of carbonyl (C=O) groups excluding carboxylic acids is 1. The molecule has 0 atom stereocenters. The fourth-order valence-electron chi connectivity index (χ4n) is 2.85. The molecule has 0 radical (unpaired) electrons. The summed E-state index contributed by atoms with van der Waals surface area (Å²) in [4.78, 5) is 16.4. The highest BCUT2D eigenvalue weighted by Crippen LogP contribution is 2.26. The lowest BCUT2D eigenvalue weighted by molar-refractivity contribution is 0.0782. The van der Waals surface area contributed by atoms with Gasteiger partial charge >= 0.3 is 0 Å². The van der Waals surface area contributed by atoms with Gasteiger partial charge in [-0.05, 0) is 40.6 Å². The average Bonchev–Trinajstić information content (AvgIpc) is 2.61. The monoisotopic (exact) mass is 334 g/mol. The molecule has 0 aromatic heterocycles. The quantitative estimate of drug-likeness (QED) is 0.787. The molecule has 0 saturated heterocycles. The topological polar surface area (TPSA) is 43.8 Å². The highest BCUT2D eigenvalue weighted by atomic mass is 16.3. The smallest absolute Gasteiger partial charge is 0.257 e. The van der Waals surface area contributed by atoms with E-state index < -0.39 is 0 Å². The Labute approximate surface area is 147 Å². The molecule has 4 heteroatoms. The number of nitrogens with zero attached hydrogens (tertiary/aromatic N) is 2. The molecule has 4 nitrogen and oxygen atoms in total. The van der Waals surface area contributed by atoms with Crippen molar-refractivity contribution >= 4 is 22.4 Å². The van der Waals surface area contributed by atoms with Gasteiger partial charge in [0.25, 0.3) is 5.91 Å². The lowest BCUT2D eigenvalue weighted by atomic mass is 10.0. The van der Waals surface area contributed by atoms with Crippen molar-refractivity contribution in [1.82, 2.24) is 4.90 Å². The SMILES string of the molecule is CN(Cc1ccc(N(C)C)cc1)C(=O)c1cc2ccccc2cc1O. The fraction of sp³-hybridized carbons (Fsp3) is 0.190. The van der Waals surface area contributed by atoms with Crippen LogP contribution in [0.1, 0.15) is 15.9 Å². The maximum absolute atomic E-state index is 12.7. The second kappa shape index (κ2) is 6.85. The first kappa shape index (κ1) is 16.8. The Hall–Kier alpha value is -3.01. The predicted octanol–water partition coefficient (Wildman–Crippen LogP) is 3.88. The van der Waals surface area contributed by atoms with Crippen LogP contribution in [-0.2, 0) is 6.54 Å². The van der Waals surface area contributed by atoms with Crippen LogP contribution in [0.2, 0.25) is 0 Å². The highest BCUT2D eigenvalue weighted by molar-refractivity contribution is 6.01. The summed E-state index contributed by atoms with van der Waals surface area (Å²) >= 11 is 0. The van der Waals surface area contributed by atoms with Crippen molar-refractivity contribution in [2.24, 2.45) is 0 Å². The summed E-state index contributed by atoms with van der Waals surface area (Å²) in [6.07, 6.45) is 0. The Morgan fingerprint density at radius 1 is 0.920 bits per heavy atom. The van der Waals surface area contributed by atoms with Crippen molar-refractivity contribution in [3.63, 3.8) is 0 Å². The molecule has 0 unspecified atom stereocenters. The van der Waals surface area contributed by atoms with Crippen molar-refractivity contribution in [1.29, 1.82) is 0 Å². The zero-order chi connectivity index (χ0) is 18.0. The van der Waals surface area contributed by atoms with Gasteiger partial charge in [-0.2, -0.15) is 0 Å². The van der Waals surface area contributed by atoms with Crippen LogP contribution in [0.5, 0.6) is 5.75 Å². The lowest BCUT2D eigenvalue weighted by Gasteiger charge is -2.19. The molecule has 25 heavy (non-hydrogen) atoms. The standard InChI is InChI=1S/C21H22N2O2/c1-22(2)18-10-8-15(9-11-18)14-23(3)21(25)19-12-16-6-4-5-7-17(16)13-20(19)24/h4-13,24H,14H2,1-3H3. The molecule has 0 saturated carbocycles. The number of fused-ring (bicyclic) bond motifs is 1. The molecule has 1 amide bonds. The van der Waals surface area contributed by atoms with E-state index in [4.69, 9.17) is 0 Å². The first-order valence-corrected chi connectivity index (χ1v) is 8.19. The molecule has 0 aliphatic rings. The van der Waals surface area contributed by atoms with Crippen molar-refractivity contribution in [2.75, 3.05) is 26.0 Å². The summed E-state index contributed by atoms with van der Waals surface area (Å²) in [7, 11) is 5.73. The van der Waals surface area contributed by atoms with Crippen LogP contribution in [0.4, 0.5) is 5.69 Å². The van der Waals surface area contributed by atoms with Crippen LogP contribution in [-0.4, -0.2) is 37.1 Å². The molecular formula is C21H22N2O2. The Balaban J connectivity index is 1.81. The number of aromatic hydroxyl groups is 1. The van der Waals surface area contributed by atoms with Crippen LogP contribution in [0, 0.1) is 0 Å². The fourth-order valence-corrected chi connectivity index (χ4v) is 2.85. The Morgan fingerprint density at radius 3 is 2.12 bits per heavy atom. The van der Waals surface area contributed by atoms with Gasteiger partial charge in [-0.3, -0.25) is 4.79 Å². The number of phenols is 1. The summed E-state index contributed by atoms with van der Waals surface area (Å²) in [5.41, 5.74) is 2.48. The zero-order valence-corrected chi connectivity index (χ0v) is 14.7. The maximum Gasteiger partial charge on any atom is 0.257 e. The van der Waals surface area contributed by atoms with Gasteiger partial charge in [0.05, 0.1) is 5.56 Å². The summed E-state index contributed by atoms with van der Waals surface area (Å²) in [5.74, 6) is -0.182. The number of hydrogen-bond donors (Lipinski definition) is 1. The van der Waals surface area contributed by atoms with E-state index in [0.717, 1.165) is 22.0 Å². The van der Waals surface area contributed by atoms with Gasteiger partial charge in [0.2, 0.25) is 0 Å². The molecule has 3 rings (SSSR count). The Bertz CT molecular complexity index is 901. The van der Waals surface area contributed by atoms with Crippen LogP contribution in [0.15, 0.2) is 60.7 Å². The van der Waals surface area contributed by atoms with Crippen molar-refractivity contribution in [3.05, 3.63) is 71.8 Å². The third-order valence-electron chi connectivity index (χ3n) is 4.31. The minimum absolute atomic E-state index is 0.0125. The van der Waals surface area contributed by atoms with Gasteiger partial charge in [-0.25, -0.2) is 0 Å². The lowest BCUT2D eigenvalue weighted by Crippen LogP contribution is -2.26. The summed E-state index contributed by atoms with van der Waals surface area (Å²) < 4.78 is 0. The summed E-state index contributed by atoms with van der Waals surface area (Å²) in [5, 5.41) is 12.1. The maximum atomic E-state index is 12.7. The zero-order valence-electron chi connectivity index (χ0n) is 14.7. The molecule has 0 fully saturated rings. The molecule has 3 aromatic rings. The van der Waals surface area contributed by atoms with E-state index in [-0.39, 0.29) is 11.7 Å². The number of anilines is 1. The van der Waals surface area contributed by atoms with Crippen LogP contribution >= 0.6 is 0 Å². The number of hydrogen-bond acceptors (Lipinski definition) is 3. The first-order valence-electron chi connectivity index (χ1n) is 8.19. The van der Waals surface area contributed by atoms with Gasteiger partial charge in [0.1, 0.15) is 5.75 Å². The van der Waals surface area contributed by atoms with Gasteiger partial charge in [-0.15, -0.1) is 0 Å². The van der Waals surface area contributed by atoms with Crippen LogP contribution in [0.25, 0.3) is 10.8 Å². The number of benzene rings is 3. The molecule has 3 aromatic carbocycles. The van der Waals surface area contributed by atoms with Crippen LogP contribution < -0.4 is 4.90 Å². The number of rotatable bonds is 4. The third kappa shape index (κ3) is 3.58. The van der Waals surface area contributed by atoms with Gasteiger partial charge in [0, 0.05) is 33.4 Å². The molecule has 0 aliphatic carbocycles. The molecule has 0 spiro atoms. The van der Waals surface area contributed by atoms with E-state index in [1.807, 2.05) is 67.5 Å². The number of carbonyl (C=O) groups is 1. The van der Waals surface area contributed by atoms with Crippen molar-refractivity contribution < 1.29 is 9.90 Å². The number of amides is 1. The summed E-state index contributed by atoms with van der Waals surface area (Å²) in [6, 6.07) is 19.2. The van der Waals surface area contributed by atoms with E-state index in [0.29, 0.717) is 12.1 Å². The number of phenolic OH excluding ortho intramolecular Hbond substituents is 1. The van der Waals surface area contributed by atoms with Gasteiger partial charge in [-0.1, -0.05) is 36.4 Å². The minimum Gasteiger partial charge on any atom is -0.507 e. The Kier molecular flexibility index (Phi) is 4.61. The molecule has 128 valence electrons. The van der Waals surface area contributed by atoms with Gasteiger partial charge < -0.3 is 14.9 Å². The highest BCUT2D eigenvalue weighted by Gasteiger charge is 2.17. The second-order valence-corrected chi connectivity index (χ2v) is 6.44. The largest absolute Gasteiger partial charge is 0.507 e. The molecular weight excluding hydrogens is 312 g/mol.